The highest BCUT2D eigenvalue weighted by molar-refractivity contribution is 4.70. The molecule has 0 radical (unpaired) electrons. The van der Waals surface area contributed by atoms with E-state index in [1.165, 1.54) is 0 Å². The Morgan fingerprint density at radius 3 is 2.17 bits per heavy atom. The molecular formula is C10H23NO. The Morgan fingerprint density at radius 2 is 1.83 bits per heavy atom. The van der Waals surface area contributed by atoms with Crippen molar-refractivity contribution in [3.05, 3.63) is 0 Å². The summed E-state index contributed by atoms with van der Waals surface area (Å²) >= 11 is 0. The summed E-state index contributed by atoms with van der Waals surface area (Å²) in [6.07, 6.45) is 2.81. The standard InChI is InChI=1S/C10H23NO/c1-4-8(3)6-10(12)9(5-2)7-11/h8-10,12H,4-7,11H2,1-3H3. The minimum atomic E-state index is -0.199. The van der Waals surface area contributed by atoms with Gasteiger partial charge in [0, 0.05) is 0 Å². The topological polar surface area (TPSA) is 46.2 Å². The van der Waals surface area contributed by atoms with Crippen LogP contribution in [0.1, 0.15) is 40.0 Å². The van der Waals surface area contributed by atoms with E-state index in [0.717, 1.165) is 19.3 Å². The third-order valence-corrected chi connectivity index (χ3v) is 2.71. The number of aliphatic hydroxyl groups excluding tert-OH is 1. The fraction of sp³-hybridized carbons (Fsp3) is 1.00. The van der Waals surface area contributed by atoms with E-state index in [4.69, 9.17) is 5.73 Å². The molecule has 2 heteroatoms. The van der Waals surface area contributed by atoms with Crippen LogP contribution in [0.3, 0.4) is 0 Å². The summed E-state index contributed by atoms with van der Waals surface area (Å²) in [5, 5.41) is 9.73. The molecule has 0 saturated carbocycles. The van der Waals surface area contributed by atoms with E-state index in [0.29, 0.717) is 18.4 Å². The molecular weight excluding hydrogens is 150 g/mol. The van der Waals surface area contributed by atoms with Crippen LogP contribution in [0.15, 0.2) is 0 Å². The van der Waals surface area contributed by atoms with Gasteiger partial charge in [0.05, 0.1) is 6.10 Å². The zero-order chi connectivity index (χ0) is 9.56. The molecule has 74 valence electrons. The van der Waals surface area contributed by atoms with Gasteiger partial charge in [-0.15, -0.1) is 0 Å². The Kier molecular flexibility index (Phi) is 6.39. The van der Waals surface area contributed by atoms with E-state index in [9.17, 15) is 5.11 Å². The first-order valence-electron chi connectivity index (χ1n) is 5.03. The van der Waals surface area contributed by atoms with Crippen molar-refractivity contribution < 1.29 is 5.11 Å². The van der Waals surface area contributed by atoms with Crippen molar-refractivity contribution in [1.29, 1.82) is 0 Å². The van der Waals surface area contributed by atoms with Crippen molar-refractivity contribution in [3.8, 4) is 0 Å². The van der Waals surface area contributed by atoms with Gasteiger partial charge in [0.2, 0.25) is 0 Å². The number of hydrogen-bond acceptors (Lipinski definition) is 2. The molecule has 0 spiro atoms. The molecule has 0 saturated heterocycles. The molecule has 0 aromatic rings. The maximum Gasteiger partial charge on any atom is 0.0582 e. The van der Waals surface area contributed by atoms with Crippen molar-refractivity contribution in [2.45, 2.75) is 46.1 Å². The summed E-state index contributed by atoms with van der Waals surface area (Å²) in [7, 11) is 0. The lowest BCUT2D eigenvalue weighted by atomic mass is 9.91. The normalized spacial score (nSPS) is 18.8. The Hall–Kier alpha value is -0.0800. The van der Waals surface area contributed by atoms with Crippen LogP contribution < -0.4 is 5.73 Å². The minimum absolute atomic E-state index is 0.199. The van der Waals surface area contributed by atoms with Crippen molar-refractivity contribution in [2.75, 3.05) is 6.54 Å². The van der Waals surface area contributed by atoms with Crippen LogP contribution in [-0.2, 0) is 0 Å². The fourth-order valence-electron chi connectivity index (χ4n) is 1.37. The summed E-state index contributed by atoms with van der Waals surface area (Å²) in [6.45, 7) is 7.01. The molecule has 12 heavy (non-hydrogen) atoms. The van der Waals surface area contributed by atoms with Gasteiger partial charge >= 0.3 is 0 Å². The van der Waals surface area contributed by atoms with Gasteiger partial charge in [0.15, 0.2) is 0 Å². The lowest BCUT2D eigenvalue weighted by Gasteiger charge is -2.22. The Bertz CT molecular complexity index is 102. The van der Waals surface area contributed by atoms with Crippen LogP contribution in [0.5, 0.6) is 0 Å². The molecule has 3 atom stereocenters. The highest BCUT2D eigenvalue weighted by Crippen LogP contribution is 2.17. The summed E-state index contributed by atoms with van der Waals surface area (Å²) in [5.41, 5.74) is 5.54. The molecule has 0 aliphatic heterocycles. The van der Waals surface area contributed by atoms with Gasteiger partial charge in [-0.3, -0.25) is 0 Å². The Morgan fingerprint density at radius 1 is 1.25 bits per heavy atom. The quantitative estimate of drug-likeness (QED) is 0.643. The van der Waals surface area contributed by atoms with Crippen LogP contribution in [0.4, 0.5) is 0 Å². The molecule has 0 aromatic carbocycles. The second kappa shape index (κ2) is 6.44. The van der Waals surface area contributed by atoms with Gasteiger partial charge in [-0.2, -0.15) is 0 Å². The second-order valence-corrected chi connectivity index (χ2v) is 3.72. The Labute approximate surface area is 76.2 Å². The van der Waals surface area contributed by atoms with Crippen LogP contribution in [0.2, 0.25) is 0 Å². The van der Waals surface area contributed by atoms with E-state index < -0.39 is 0 Å². The predicted molar refractivity (Wildman–Crippen MR) is 52.9 cm³/mol. The van der Waals surface area contributed by atoms with Gasteiger partial charge in [-0.1, -0.05) is 27.2 Å². The largest absolute Gasteiger partial charge is 0.393 e. The first kappa shape index (κ1) is 11.9. The molecule has 0 rings (SSSR count). The van der Waals surface area contributed by atoms with Crippen molar-refractivity contribution in [2.24, 2.45) is 17.6 Å². The predicted octanol–water partition coefficient (Wildman–Crippen LogP) is 1.77. The molecule has 0 aliphatic carbocycles. The van der Waals surface area contributed by atoms with Crippen LogP contribution in [0, 0.1) is 11.8 Å². The van der Waals surface area contributed by atoms with E-state index in [1.54, 1.807) is 0 Å². The maximum absolute atomic E-state index is 9.73. The molecule has 0 bridgehead atoms. The number of nitrogens with two attached hydrogens (primary N) is 1. The van der Waals surface area contributed by atoms with Gasteiger partial charge < -0.3 is 10.8 Å². The molecule has 3 unspecified atom stereocenters. The highest BCUT2D eigenvalue weighted by atomic mass is 16.3. The van der Waals surface area contributed by atoms with Crippen molar-refractivity contribution in [3.63, 3.8) is 0 Å². The van der Waals surface area contributed by atoms with Gasteiger partial charge in [-0.25, -0.2) is 0 Å². The molecule has 0 aliphatic rings. The van der Waals surface area contributed by atoms with Crippen LogP contribution in [-0.4, -0.2) is 17.8 Å². The summed E-state index contributed by atoms with van der Waals surface area (Å²) in [6, 6.07) is 0. The third kappa shape index (κ3) is 4.07. The lowest BCUT2D eigenvalue weighted by Crippen LogP contribution is -2.28. The third-order valence-electron chi connectivity index (χ3n) is 2.71. The summed E-state index contributed by atoms with van der Waals surface area (Å²) < 4.78 is 0. The van der Waals surface area contributed by atoms with Crippen LogP contribution in [0.25, 0.3) is 0 Å². The first-order chi connectivity index (χ1) is 5.65. The first-order valence-corrected chi connectivity index (χ1v) is 5.03. The van der Waals surface area contributed by atoms with E-state index in [-0.39, 0.29) is 6.10 Å². The maximum atomic E-state index is 9.73. The van der Waals surface area contributed by atoms with Gasteiger partial charge in [0.1, 0.15) is 0 Å². The number of hydrogen-bond donors (Lipinski definition) is 2. The summed E-state index contributed by atoms with van der Waals surface area (Å²) in [5.74, 6) is 0.902. The molecule has 0 fully saturated rings. The monoisotopic (exact) mass is 173 g/mol. The van der Waals surface area contributed by atoms with E-state index >= 15 is 0 Å². The zero-order valence-electron chi connectivity index (χ0n) is 8.59. The molecule has 0 aromatic heterocycles. The smallest absolute Gasteiger partial charge is 0.0582 e. The number of aliphatic hydroxyl groups is 1. The summed E-state index contributed by atoms with van der Waals surface area (Å²) in [4.78, 5) is 0. The highest BCUT2D eigenvalue weighted by Gasteiger charge is 2.17. The van der Waals surface area contributed by atoms with E-state index in [2.05, 4.69) is 20.8 Å². The minimum Gasteiger partial charge on any atom is -0.393 e. The van der Waals surface area contributed by atoms with Crippen molar-refractivity contribution >= 4 is 0 Å². The average molecular weight is 173 g/mol. The average Bonchev–Trinajstić information content (AvgIpc) is 2.06. The number of rotatable bonds is 6. The molecule has 3 N–H and O–H groups in total. The second-order valence-electron chi connectivity index (χ2n) is 3.72. The molecule has 0 amide bonds. The van der Waals surface area contributed by atoms with Gasteiger partial charge in [-0.05, 0) is 31.2 Å². The SMILES string of the molecule is CCC(C)CC(O)C(CC)CN. The van der Waals surface area contributed by atoms with Gasteiger partial charge in [0.25, 0.3) is 0 Å². The van der Waals surface area contributed by atoms with Crippen LogP contribution >= 0.6 is 0 Å². The Balaban J connectivity index is 3.75. The lowest BCUT2D eigenvalue weighted by molar-refractivity contribution is 0.0849. The zero-order valence-corrected chi connectivity index (χ0v) is 8.59. The van der Waals surface area contributed by atoms with E-state index in [1.807, 2.05) is 0 Å². The fourth-order valence-corrected chi connectivity index (χ4v) is 1.37. The molecule has 0 heterocycles. The van der Waals surface area contributed by atoms with Crippen molar-refractivity contribution in [1.82, 2.24) is 0 Å². The molecule has 2 nitrogen and oxygen atoms in total.